The van der Waals surface area contributed by atoms with Crippen LogP contribution in [0.2, 0.25) is 0 Å². The van der Waals surface area contributed by atoms with Crippen molar-refractivity contribution in [3.63, 3.8) is 0 Å². The first-order valence-corrected chi connectivity index (χ1v) is 7.70. The molecule has 1 unspecified atom stereocenters. The van der Waals surface area contributed by atoms with E-state index in [4.69, 9.17) is 5.73 Å². The molecule has 5 heteroatoms. The zero-order chi connectivity index (χ0) is 15.5. The molecule has 0 aliphatic heterocycles. The van der Waals surface area contributed by atoms with Gasteiger partial charge in [-0.15, -0.1) is 0 Å². The van der Waals surface area contributed by atoms with Crippen molar-refractivity contribution >= 4 is 11.8 Å². The van der Waals surface area contributed by atoms with Gasteiger partial charge in [-0.1, -0.05) is 13.8 Å². The molecule has 0 aromatic heterocycles. The lowest BCUT2D eigenvalue weighted by molar-refractivity contribution is -0.132. The van der Waals surface area contributed by atoms with Crippen molar-refractivity contribution in [3.8, 4) is 0 Å². The van der Waals surface area contributed by atoms with Crippen molar-refractivity contribution in [2.45, 2.75) is 47.0 Å². The van der Waals surface area contributed by atoms with Crippen LogP contribution in [-0.2, 0) is 9.59 Å². The molecule has 3 N–H and O–H groups in total. The average Bonchev–Trinajstić information content (AvgIpc) is 2.42. The van der Waals surface area contributed by atoms with Gasteiger partial charge in [-0.2, -0.15) is 0 Å². The number of hydrogen-bond donors (Lipinski definition) is 2. The highest BCUT2D eigenvalue weighted by atomic mass is 16.2. The fourth-order valence-corrected chi connectivity index (χ4v) is 2.29. The summed E-state index contributed by atoms with van der Waals surface area (Å²) in [5, 5.41) is 2.71. The highest BCUT2D eigenvalue weighted by molar-refractivity contribution is 5.84. The van der Waals surface area contributed by atoms with Crippen LogP contribution in [0.4, 0.5) is 0 Å². The molecule has 0 bridgehead atoms. The first-order valence-electron chi connectivity index (χ1n) is 7.70. The second-order valence-electron chi connectivity index (χ2n) is 5.46. The zero-order valence-electron chi connectivity index (χ0n) is 13.4. The molecule has 0 aromatic carbocycles. The van der Waals surface area contributed by atoms with Gasteiger partial charge >= 0.3 is 0 Å². The van der Waals surface area contributed by atoms with Gasteiger partial charge in [0, 0.05) is 19.5 Å². The third kappa shape index (κ3) is 7.48. The summed E-state index contributed by atoms with van der Waals surface area (Å²) >= 11 is 0. The molecule has 20 heavy (non-hydrogen) atoms. The second-order valence-corrected chi connectivity index (χ2v) is 5.46. The summed E-state index contributed by atoms with van der Waals surface area (Å²) in [7, 11) is 0. The van der Waals surface area contributed by atoms with Gasteiger partial charge < -0.3 is 16.0 Å². The van der Waals surface area contributed by atoms with E-state index in [9.17, 15) is 9.59 Å². The Morgan fingerprint density at radius 2 is 1.75 bits per heavy atom. The van der Waals surface area contributed by atoms with Gasteiger partial charge in [-0.05, 0) is 45.1 Å². The minimum atomic E-state index is -0.0480. The number of carbonyl (C=O) groups excluding carboxylic acids is 2. The fraction of sp³-hybridized carbons (Fsp3) is 0.867. The van der Waals surface area contributed by atoms with Crippen LogP contribution in [0, 0.1) is 11.8 Å². The quantitative estimate of drug-likeness (QED) is 0.636. The first kappa shape index (κ1) is 18.9. The predicted molar refractivity (Wildman–Crippen MR) is 82.2 cm³/mol. The molecule has 1 atom stereocenters. The van der Waals surface area contributed by atoms with Gasteiger partial charge in [-0.25, -0.2) is 0 Å². The maximum atomic E-state index is 11.8. The molecule has 2 amide bonds. The van der Waals surface area contributed by atoms with Crippen molar-refractivity contribution in [2.24, 2.45) is 17.6 Å². The van der Waals surface area contributed by atoms with Crippen LogP contribution >= 0.6 is 0 Å². The first-order chi connectivity index (χ1) is 9.46. The Bertz CT molecular complexity index is 289. The Morgan fingerprint density at radius 1 is 1.15 bits per heavy atom. The van der Waals surface area contributed by atoms with E-state index >= 15 is 0 Å². The van der Waals surface area contributed by atoms with Gasteiger partial charge in [0.15, 0.2) is 0 Å². The summed E-state index contributed by atoms with van der Waals surface area (Å²) in [5.41, 5.74) is 5.59. The number of amides is 2. The Morgan fingerprint density at radius 3 is 2.20 bits per heavy atom. The molecule has 0 spiro atoms. The van der Waals surface area contributed by atoms with E-state index in [-0.39, 0.29) is 18.4 Å². The van der Waals surface area contributed by atoms with E-state index in [0.717, 1.165) is 12.8 Å². The summed E-state index contributed by atoms with van der Waals surface area (Å²) in [6.45, 7) is 10.3. The summed E-state index contributed by atoms with van der Waals surface area (Å²) in [4.78, 5) is 25.2. The minimum Gasteiger partial charge on any atom is -0.347 e. The van der Waals surface area contributed by atoms with Crippen LogP contribution in [0.15, 0.2) is 0 Å². The topological polar surface area (TPSA) is 75.4 Å². The van der Waals surface area contributed by atoms with Crippen molar-refractivity contribution in [2.75, 3.05) is 26.2 Å². The summed E-state index contributed by atoms with van der Waals surface area (Å²) in [6.07, 6.45) is 2.25. The molecule has 0 saturated carbocycles. The van der Waals surface area contributed by atoms with E-state index in [0.29, 0.717) is 37.9 Å². The van der Waals surface area contributed by atoms with Gasteiger partial charge in [0.2, 0.25) is 11.8 Å². The highest BCUT2D eigenvalue weighted by Gasteiger charge is 2.15. The summed E-state index contributed by atoms with van der Waals surface area (Å²) < 4.78 is 0. The average molecular weight is 285 g/mol. The molecule has 5 nitrogen and oxygen atoms in total. The number of likely N-dealkylation sites (N-methyl/N-ethyl adjacent to an activating group) is 1. The SMILES string of the molecule is CCN(CC)C(=O)CNC(=O)CCC(CCN)C(C)C. The summed E-state index contributed by atoms with van der Waals surface area (Å²) in [5.74, 6) is 0.937. The molecule has 118 valence electrons. The predicted octanol–water partition coefficient (Wildman–Crippen LogP) is 1.37. The van der Waals surface area contributed by atoms with Crippen LogP contribution in [0.1, 0.15) is 47.0 Å². The molecule has 0 aliphatic carbocycles. The molecular weight excluding hydrogens is 254 g/mol. The second kappa shape index (κ2) is 10.7. The van der Waals surface area contributed by atoms with Gasteiger partial charge in [0.25, 0.3) is 0 Å². The van der Waals surface area contributed by atoms with Crippen molar-refractivity contribution in [1.82, 2.24) is 10.2 Å². The van der Waals surface area contributed by atoms with E-state index in [1.807, 2.05) is 13.8 Å². The van der Waals surface area contributed by atoms with Gasteiger partial charge in [0.1, 0.15) is 0 Å². The van der Waals surface area contributed by atoms with Crippen LogP contribution in [0.25, 0.3) is 0 Å². The molecule has 0 fully saturated rings. The Balaban J connectivity index is 4.02. The number of nitrogens with one attached hydrogen (secondary N) is 1. The molecule has 0 heterocycles. The number of rotatable bonds is 10. The largest absolute Gasteiger partial charge is 0.347 e. The van der Waals surface area contributed by atoms with Crippen molar-refractivity contribution in [1.29, 1.82) is 0 Å². The lowest BCUT2D eigenvalue weighted by atomic mass is 9.88. The number of nitrogens with two attached hydrogens (primary N) is 1. The summed E-state index contributed by atoms with van der Waals surface area (Å²) in [6, 6.07) is 0. The number of hydrogen-bond acceptors (Lipinski definition) is 3. The van der Waals surface area contributed by atoms with Crippen LogP contribution in [-0.4, -0.2) is 42.9 Å². The standard InChI is InChI=1S/C15H31N3O2/c1-5-18(6-2)15(20)11-17-14(19)8-7-13(9-10-16)12(3)4/h12-13H,5-11,16H2,1-4H3,(H,17,19). The van der Waals surface area contributed by atoms with Crippen molar-refractivity contribution < 1.29 is 9.59 Å². The maximum absolute atomic E-state index is 11.8. The zero-order valence-corrected chi connectivity index (χ0v) is 13.4. The molecule has 0 rings (SSSR count). The number of nitrogens with zero attached hydrogens (tertiary/aromatic N) is 1. The lowest BCUT2D eigenvalue weighted by Gasteiger charge is -2.20. The molecule has 0 saturated heterocycles. The maximum Gasteiger partial charge on any atom is 0.241 e. The lowest BCUT2D eigenvalue weighted by Crippen LogP contribution is -2.40. The minimum absolute atomic E-state index is 0.0225. The smallest absolute Gasteiger partial charge is 0.241 e. The van der Waals surface area contributed by atoms with Crippen LogP contribution in [0.5, 0.6) is 0 Å². The third-order valence-corrected chi connectivity index (χ3v) is 3.78. The van der Waals surface area contributed by atoms with E-state index in [1.165, 1.54) is 0 Å². The normalized spacial score (nSPS) is 12.3. The molecule has 0 aromatic rings. The Kier molecular flexibility index (Phi) is 10.1. The van der Waals surface area contributed by atoms with Crippen LogP contribution in [0.3, 0.4) is 0 Å². The fourth-order valence-electron chi connectivity index (χ4n) is 2.29. The molecular formula is C15H31N3O2. The van der Waals surface area contributed by atoms with E-state index in [2.05, 4.69) is 19.2 Å². The molecule has 0 radical (unpaired) electrons. The van der Waals surface area contributed by atoms with Gasteiger partial charge in [-0.3, -0.25) is 9.59 Å². The third-order valence-electron chi connectivity index (χ3n) is 3.78. The van der Waals surface area contributed by atoms with E-state index < -0.39 is 0 Å². The Hall–Kier alpha value is -1.10. The van der Waals surface area contributed by atoms with E-state index in [1.54, 1.807) is 4.90 Å². The van der Waals surface area contributed by atoms with Crippen molar-refractivity contribution in [3.05, 3.63) is 0 Å². The van der Waals surface area contributed by atoms with Crippen LogP contribution < -0.4 is 11.1 Å². The Labute approximate surface area is 123 Å². The number of carbonyl (C=O) groups is 2. The van der Waals surface area contributed by atoms with Gasteiger partial charge in [0.05, 0.1) is 6.54 Å². The molecule has 0 aliphatic rings. The highest BCUT2D eigenvalue weighted by Crippen LogP contribution is 2.20. The monoisotopic (exact) mass is 285 g/mol.